The van der Waals surface area contributed by atoms with Crippen LogP contribution in [0.15, 0.2) is 29.5 Å². The van der Waals surface area contributed by atoms with E-state index in [-0.39, 0.29) is 12.5 Å². The van der Waals surface area contributed by atoms with Crippen LogP contribution >= 0.6 is 0 Å². The van der Waals surface area contributed by atoms with Crippen LogP contribution in [-0.2, 0) is 4.79 Å². The molecule has 6 nitrogen and oxygen atoms in total. The van der Waals surface area contributed by atoms with Crippen molar-refractivity contribution in [2.75, 3.05) is 18.4 Å². The zero-order valence-electron chi connectivity index (χ0n) is 15.6. The van der Waals surface area contributed by atoms with Crippen LogP contribution in [0, 0.1) is 11.8 Å². The number of nitrogens with one attached hydrogen (secondary N) is 3. The Morgan fingerprint density at radius 1 is 1.32 bits per heavy atom. The van der Waals surface area contributed by atoms with E-state index in [9.17, 15) is 4.79 Å². The van der Waals surface area contributed by atoms with E-state index in [1.54, 1.807) is 18.5 Å². The molecular formula is C19H31N5O. The first-order valence-corrected chi connectivity index (χ1v) is 9.33. The van der Waals surface area contributed by atoms with Gasteiger partial charge < -0.3 is 16.0 Å². The van der Waals surface area contributed by atoms with Crippen molar-refractivity contribution < 1.29 is 4.79 Å². The van der Waals surface area contributed by atoms with Crippen LogP contribution in [0.4, 0.5) is 5.69 Å². The van der Waals surface area contributed by atoms with Gasteiger partial charge in [-0.1, -0.05) is 13.8 Å². The van der Waals surface area contributed by atoms with E-state index in [0.717, 1.165) is 37.2 Å². The van der Waals surface area contributed by atoms with Gasteiger partial charge in [-0.15, -0.1) is 0 Å². The number of carbonyl (C=O) groups is 1. The quantitative estimate of drug-likeness (QED) is 0.547. The van der Waals surface area contributed by atoms with E-state index < -0.39 is 0 Å². The van der Waals surface area contributed by atoms with Gasteiger partial charge in [0.05, 0.1) is 11.9 Å². The highest BCUT2D eigenvalue weighted by Gasteiger charge is 2.23. The summed E-state index contributed by atoms with van der Waals surface area (Å²) in [5.41, 5.74) is 0.688. The van der Waals surface area contributed by atoms with Gasteiger partial charge in [-0.25, -0.2) is 4.99 Å². The molecule has 0 radical (unpaired) electrons. The minimum absolute atomic E-state index is 0.0889. The third-order valence-electron chi connectivity index (χ3n) is 4.73. The lowest BCUT2D eigenvalue weighted by atomic mass is 9.80. The van der Waals surface area contributed by atoms with Crippen molar-refractivity contribution in [1.29, 1.82) is 0 Å². The number of guanidine groups is 1. The second-order valence-corrected chi connectivity index (χ2v) is 6.99. The zero-order chi connectivity index (χ0) is 18.1. The Morgan fingerprint density at radius 2 is 2.08 bits per heavy atom. The first kappa shape index (κ1) is 19.2. The van der Waals surface area contributed by atoms with Crippen molar-refractivity contribution in [1.82, 2.24) is 15.6 Å². The maximum atomic E-state index is 12.0. The standard InChI is InChI=1S/C19H31N5O/c1-4-21-19(24-16-9-7-15(8-10-16)14(2)3)22-13-18(25)23-17-6-5-11-20-12-17/h5-6,11-12,14-16H,4,7-10,13H2,1-3H3,(H,23,25)(H2,21,22,24). The fourth-order valence-corrected chi connectivity index (χ4v) is 3.23. The predicted octanol–water partition coefficient (Wildman–Crippen LogP) is 2.79. The topological polar surface area (TPSA) is 78.4 Å². The average Bonchev–Trinajstić information content (AvgIpc) is 2.61. The van der Waals surface area contributed by atoms with Crippen LogP contribution in [0.3, 0.4) is 0 Å². The molecule has 0 unspecified atom stereocenters. The van der Waals surface area contributed by atoms with Gasteiger partial charge in [-0.3, -0.25) is 9.78 Å². The molecule has 3 N–H and O–H groups in total. The molecule has 2 rings (SSSR count). The smallest absolute Gasteiger partial charge is 0.246 e. The maximum Gasteiger partial charge on any atom is 0.246 e. The number of hydrogen-bond acceptors (Lipinski definition) is 3. The Bertz CT molecular complexity index is 550. The summed E-state index contributed by atoms with van der Waals surface area (Å²) in [7, 11) is 0. The molecule has 1 heterocycles. The van der Waals surface area contributed by atoms with E-state index in [1.165, 1.54) is 12.8 Å². The summed E-state index contributed by atoms with van der Waals surface area (Å²) in [4.78, 5) is 20.4. The predicted molar refractivity (Wildman–Crippen MR) is 103 cm³/mol. The third-order valence-corrected chi connectivity index (χ3v) is 4.73. The highest BCUT2D eigenvalue weighted by atomic mass is 16.1. The number of nitrogens with zero attached hydrogens (tertiary/aromatic N) is 2. The summed E-state index contributed by atoms with van der Waals surface area (Å²) in [5, 5.41) is 9.51. The fraction of sp³-hybridized carbons (Fsp3) is 0.632. The highest BCUT2D eigenvalue weighted by Crippen LogP contribution is 2.29. The Hall–Kier alpha value is -2.11. The number of aliphatic imine (C=N–C) groups is 1. The van der Waals surface area contributed by atoms with E-state index in [1.807, 2.05) is 13.0 Å². The molecule has 0 saturated heterocycles. The number of hydrogen-bond donors (Lipinski definition) is 3. The van der Waals surface area contributed by atoms with Crippen LogP contribution in [0.1, 0.15) is 46.5 Å². The Balaban J connectivity index is 1.83. The fourth-order valence-electron chi connectivity index (χ4n) is 3.23. The molecule has 0 aliphatic heterocycles. The molecule has 0 spiro atoms. The number of carbonyl (C=O) groups excluding carboxylic acids is 1. The van der Waals surface area contributed by atoms with Gasteiger partial charge in [-0.2, -0.15) is 0 Å². The molecule has 25 heavy (non-hydrogen) atoms. The van der Waals surface area contributed by atoms with Crippen molar-refractivity contribution in [2.45, 2.75) is 52.5 Å². The van der Waals surface area contributed by atoms with Crippen LogP contribution in [0.25, 0.3) is 0 Å². The number of rotatable bonds is 6. The molecule has 1 aliphatic rings. The Morgan fingerprint density at radius 3 is 2.68 bits per heavy atom. The molecule has 0 atom stereocenters. The molecule has 1 fully saturated rings. The number of pyridine rings is 1. The van der Waals surface area contributed by atoms with E-state index >= 15 is 0 Å². The molecular weight excluding hydrogens is 314 g/mol. The summed E-state index contributed by atoms with van der Waals surface area (Å²) in [6.45, 7) is 7.52. The Kier molecular flexibility index (Phi) is 7.70. The number of anilines is 1. The molecule has 1 amide bonds. The van der Waals surface area contributed by atoms with Crippen molar-refractivity contribution in [3.8, 4) is 0 Å². The van der Waals surface area contributed by atoms with Gasteiger partial charge in [0.15, 0.2) is 5.96 Å². The van der Waals surface area contributed by atoms with Gasteiger partial charge in [0, 0.05) is 18.8 Å². The zero-order valence-corrected chi connectivity index (χ0v) is 15.6. The SMILES string of the molecule is CCNC(=NCC(=O)Nc1cccnc1)NC1CCC(C(C)C)CC1. The molecule has 0 aromatic carbocycles. The maximum absolute atomic E-state index is 12.0. The van der Waals surface area contributed by atoms with Crippen LogP contribution < -0.4 is 16.0 Å². The van der Waals surface area contributed by atoms with Gasteiger partial charge in [0.1, 0.15) is 6.54 Å². The second-order valence-electron chi connectivity index (χ2n) is 6.99. The molecule has 6 heteroatoms. The van der Waals surface area contributed by atoms with Crippen LogP contribution in [0.2, 0.25) is 0 Å². The van der Waals surface area contributed by atoms with E-state index in [0.29, 0.717) is 11.7 Å². The molecule has 0 bridgehead atoms. The molecule has 1 aliphatic carbocycles. The van der Waals surface area contributed by atoms with Gasteiger partial charge in [0.25, 0.3) is 0 Å². The molecule has 1 aromatic rings. The minimum atomic E-state index is -0.145. The van der Waals surface area contributed by atoms with Gasteiger partial charge >= 0.3 is 0 Å². The Labute approximate surface area is 150 Å². The number of aromatic nitrogens is 1. The van der Waals surface area contributed by atoms with Crippen molar-refractivity contribution in [2.24, 2.45) is 16.8 Å². The normalized spacial score (nSPS) is 21.0. The summed E-state index contributed by atoms with van der Waals surface area (Å²) in [6, 6.07) is 4.04. The molecule has 1 aromatic heterocycles. The van der Waals surface area contributed by atoms with Crippen LogP contribution in [-0.4, -0.2) is 36.0 Å². The summed E-state index contributed by atoms with van der Waals surface area (Å²) in [5.74, 6) is 2.17. The van der Waals surface area contributed by atoms with Gasteiger partial charge in [-0.05, 0) is 56.6 Å². The largest absolute Gasteiger partial charge is 0.357 e. The molecule has 1 saturated carbocycles. The third kappa shape index (κ3) is 6.72. The summed E-state index contributed by atoms with van der Waals surface area (Å²) < 4.78 is 0. The first-order chi connectivity index (χ1) is 12.1. The molecule has 138 valence electrons. The lowest BCUT2D eigenvalue weighted by molar-refractivity contribution is -0.114. The van der Waals surface area contributed by atoms with E-state index in [2.05, 4.69) is 39.8 Å². The van der Waals surface area contributed by atoms with E-state index in [4.69, 9.17) is 0 Å². The summed E-state index contributed by atoms with van der Waals surface area (Å²) in [6.07, 6.45) is 8.14. The van der Waals surface area contributed by atoms with Crippen molar-refractivity contribution in [3.63, 3.8) is 0 Å². The van der Waals surface area contributed by atoms with Crippen molar-refractivity contribution >= 4 is 17.6 Å². The highest BCUT2D eigenvalue weighted by molar-refractivity contribution is 5.93. The monoisotopic (exact) mass is 345 g/mol. The van der Waals surface area contributed by atoms with Gasteiger partial charge in [0.2, 0.25) is 5.91 Å². The lowest BCUT2D eigenvalue weighted by Crippen LogP contribution is -2.45. The minimum Gasteiger partial charge on any atom is -0.357 e. The average molecular weight is 345 g/mol. The second kappa shape index (κ2) is 10.0. The van der Waals surface area contributed by atoms with Crippen molar-refractivity contribution in [3.05, 3.63) is 24.5 Å². The number of amides is 1. The first-order valence-electron chi connectivity index (χ1n) is 9.33. The summed E-state index contributed by atoms with van der Waals surface area (Å²) >= 11 is 0. The lowest BCUT2D eigenvalue weighted by Gasteiger charge is -2.32. The van der Waals surface area contributed by atoms with Crippen LogP contribution in [0.5, 0.6) is 0 Å².